The standard InChI is InChI=1S/C15H23N5O/c1-11-9-19-7-3-2-4-13(19)10-20(11)14-8-12(5-6-17-14)15(16)18-21/h5-6,8,11,13,21H,2-4,7,9-10H2,1H3,(H2,16,18). The van der Waals surface area contributed by atoms with Crippen molar-refractivity contribution < 1.29 is 5.21 Å². The molecule has 0 spiro atoms. The average molecular weight is 289 g/mol. The Bertz CT molecular complexity index is 533. The molecule has 2 unspecified atom stereocenters. The number of piperazine rings is 1. The van der Waals surface area contributed by atoms with Gasteiger partial charge in [-0.25, -0.2) is 4.98 Å². The SMILES string of the molecule is CC1CN2CCCCC2CN1c1cc(/C(N)=N/O)ccn1. The summed E-state index contributed by atoms with van der Waals surface area (Å²) >= 11 is 0. The van der Waals surface area contributed by atoms with E-state index in [0.29, 0.717) is 17.6 Å². The Hall–Kier alpha value is -1.82. The first-order valence-electron chi connectivity index (χ1n) is 7.63. The first-order chi connectivity index (χ1) is 10.2. The summed E-state index contributed by atoms with van der Waals surface area (Å²) in [5, 5.41) is 11.9. The number of oxime groups is 1. The van der Waals surface area contributed by atoms with Crippen LogP contribution in [0.2, 0.25) is 0 Å². The molecule has 2 aliphatic rings. The van der Waals surface area contributed by atoms with E-state index in [1.807, 2.05) is 6.07 Å². The molecule has 2 aliphatic heterocycles. The Kier molecular flexibility index (Phi) is 3.96. The van der Waals surface area contributed by atoms with E-state index in [1.165, 1.54) is 25.8 Å². The van der Waals surface area contributed by atoms with Crippen LogP contribution in [0.5, 0.6) is 0 Å². The third kappa shape index (κ3) is 2.81. The number of amidine groups is 1. The van der Waals surface area contributed by atoms with E-state index in [-0.39, 0.29) is 5.84 Å². The summed E-state index contributed by atoms with van der Waals surface area (Å²) in [5.74, 6) is 1.04. The van der Waals surface area contributed by atoms with Crippen molar-refractivity contribution in [1.82, 2.24) is 9.88 Å². The Morgan fingerprint density at radius 3 is 3.10 bits per heavy atom. The lowest BCUT2D eigenvalue weighted by atomic mass is 9.97. The van der Waals surface area contributed by atoms with Gasteiger partial charge < -0.3 is 15.8 Å². The van der Waals surface area contributed by atoms with Gasteiger partial charge in [0, 0.05) is 36.9 Å². The van der Waals surface area contributed by atoms with E-state index in [1.54, 1.807) is 12.3 Å². The van der Waals surface area contributed by atoms with Crippen LogP contribution >= 0.6 is 0 Å². The van der Waals surface area contributed by atoms with Gasteiger partial charge >= 0.3 is 0 Å². The van der Waals surface area contributed by atoms with Gasteiger partial charge in [0.2, 0.25) is 0 Å². The van der Waals surface area contributed by atoms with E-state index < -0.39 is 0 Å². The molecule has 3 N–H and O–H groups in total. The monoisotopic (exact) mass is 289 g/mol. The molecule has 3 rings (SSSR count). The molecule has 2 atom stereocenters. The normalized spacial score (nSPS) is 27.5. The lowest BCUT2D eigenvalue weighted by Crippen LogP contribution is -2.59. The van der Waals surface area contributed by atoms with Crippen molar-refractivity contribution in [3.05, 3.63) is 23.9 Å². The number of fused-ring (bicyclic) bond motifs is 1. The second-order valence-corrected chi connectivity index (χ2v) is 6.03. The van der Waals surface area contributed by atoms with E-state index in [0.717, 1.165) is 18.9 Å². The van der Waals surface area contributed by atoms with Crippen LogP contribution in [0, 0.1) is 0 Å². The Morgan fingerprint density at radius 1 is 1.43 bits per heavy atom. The summed E-state index contributed by atoms with van der Waals surface area (Å²) in [7, 11) is 0. The highest BCUT2D eigenvalue weighted by atomic mass is 16.4. The molecule has 0 saturated carbocycles. The van der Waals surface area contributed by atoms with Gasteiger partial charge in [-0.2, -0.15) is 0 Å². The molecule has 0 bridgehead atoms. The number of nitrogens with zero attached hydrogens (tertiary/aromatic N) is 4. The van der Waals surface area contributed by atoms with E-state index in [2.05, 4.69) is 26.9 Å². The molecular formula is C15H23N5O. The maximum Gasteiger partial charge on any atom is 0.170 e. The molecule has 2 fully saturated rings. The number of pyridine rings is 1. The molecule has 114 valence electrons. The Morgan fingerprint density at radius 2 is 2.29 bits per heavy atom. The van der Waals surface area contributed by atoms with Crippen molar-refractivity contribution in [2.45, 2.75) is 38.3 Å². The van der Waals surface area contributed by atoms with Crippen LogP contribution < -0.4 is 10.6 Å². The highest BCUT2D eigenvalue weighted by Gasteiger charge is 2.33. The van der Waals surface area contributed by atoms with Gasteiger partial charge in [-0.1, -0.05) is 11.6 Å². The van der Waals surface area contributed by atoms with Gasteiger partial charge in [-0.05, 0) is 38.4 Å². The summed E-state index contributed by atoms with van der Waals surface area (Å²) in [6, 6.07) is 4.73. The van der Waals surface area contributed by atoms with Crippen molar-refractivity contribution in [2.24, 2.45) is 10.9 Å². The number of hydrogen-bond acceptors (Lipinski definition) is 5. The topological polar surface area (TPSA) is 78.0 Å². The molecule has 21 heavy (non-hydrogen) atoms. The fourth-order valence-electron chi connectivity index (χ4n) is 3.46. The van der Waals surface area contributed by atoms with Crippen LogP contribution in [0.4, 0.5) is 5.82 Å². The zero-order valence-electron chi connectivity index (χ0n) is 12.4. The van der Waals surface area contributed by atoms with Crippen LogP contribution in [0.1, 0.15) is 31.7 Å². The summed E-state index contributed by atoms with van der Waals surface area (Å²) in [4.78, 5) is 9.44. The van der Waals surface area contributed by atoms with Gasteiger partial charge in [-0.15, -0.1) is 0 Å². The molecule has 2 saturated heterocycles. The van der Waals surface area contributed by atoms with Gasteiger partial charge in [0.15, 0.2) is 5.84 Å². The summed E-state index contributed by atoms with van der Waals surface area (Å²) in [6.07, 6.45) is 5.63. The predicted octanol–water partition coefficient (Wildman–Crippen LogP) is 1.24. The van der Waals surface area contributed by atoms with Crippen LogP contribution in [0.3, 0.4) is 0 Å². The summed E-state index contributed by atoms with van der Waals surface area (Å²) < 4.78 is 0. The molecule has 1 aromatic rings. The zero-order chi connectivity index (χ0) is 14.8. The quantitative estimate of drug-likeness (QED) is 0.371. The Labute approximate surface area is 125 Å². The molecule has 6 heteroatoms. The molecule has 0 aliphatic carbocycles. The minimum atomic E-state index is 0.127. The van der Waals surface area contributed by atoms with Crippen molar-refractivity contribution in [1.29, 1.82) is 0 Å². The molecule has 3 heterocycles. The van der Waals surface area contributed by atoms with E-state index >= 15 is 0 Å². The molecule has 0 aromatic carbocycles. The van der Waals surface area contributed by atoms with Gasteiger partial charge in [0.25, 0.3) is 0 Å². The van der Waals surface area contributed by atoms with Crippen molar-refractivity contribution >= 4 is 11.7 Å². The third-order valence-electron chi connectivity index (χ3n) is 4.63. The lowest BCUT2D eigenvalue weighted by Gasteiger charge is -2.48. The lowest BCUT2D eigenvalue weighted by molar-refractivity contribution is 0.115. The first-order valence-corrected chi connectivity index (χ1v) is 7.63. The van der Waals surface area contributed by atoms with Crippen molar-refractivity contribution in [3.8, 4) is 0 Å². The average Bonchev–Trinajstić information content (AvgIpc) is 2.53. The second-order valence-electron chi connectivity index (χ2n) is 6.03. The van der Waals surface area contributed by atoms with Crippen LogP contribution in [0.15, 0.2) is 23.5 Å². The minimum Gasteiger partial charge on any atom is -0.409 e. The highest BCUT2D eigenvalue weighted by molar-refractivity contribution is 5.97. The maximum absolute atomic E-state index is 8.82. The predicted molar refractivity (Wildman–Crippen MR) is 82.8 cm³/mol. The largest absolute Gasteiger partial charge is 0.409 e. The number of anilines is 1. The van der Waals surface area contributed by atoms with E-state index in [9.17, 15) is 0 Å². The molecule has 6 nitrogen and oxygen atoms in total. The van der Waals surface area contributed by atoms with Crippen LogP contribution in [-0.4, -0.2) is 52.6 Å². The number of hydrogen-bond donors (Lipinski definition) is 2. The number of rotatable bonds is 2. The van der Waals surface area contributed by atoms with Crippen LogP contribution in [-0.2, 0) is 0 Å². The van der Waals surface area contributed by atoms with Crippen LogP contribution in [0.25, 0.3) is 0 Å². The fourth-order valence-corrected chi connectivity index (χ4v) is 3.46. The zero-order valence-corrected chi connectivity index (χ0v) is 12.4. The maximum atomic E-state index is 8.82. The summed E-state index contributed by atoms with van der Waals surface area (Å²) in [5.41, 5.74) is 6.39. The second kappa shape index (κ2) is 5.89. The Balaban J connectivity index is 1.82. The molecule has 0 amide bonds. The molecule has 1 aromatic heterocycles. The van der Waals surface area contributed by atoms with Crippen molar-refractivity contribution in [3.63, 3.8) is 0 Å². The molecule has 0 radical (unpaired) electrons. The van der Waals surface area contributed by atoms with Gasteiger partial charge in [0.05, 0.1) is 0 Å². The first kappa shape index (κ1) is 14.1. The fraction of sp³-hybridized carbons (Fsp3) is 0.600. The van der Waals surface area contributed by atoms with Crippen molar-refractivity contribution in [2.75, 3.05) is 24.5 Å². The highest BCUT2D eigenvalue weighted by Crippen LogP contribution is 2.27. The third-order valence-corrected chi connectivity index (χ3v) is 4.63. The van der Waals surface area contributed by atoms with Gasteiger partial charge in [0.1, 0.15) is 5.82 Å². The summed E-state index contributed by atoms with van der Waals surface area (Å²) in [6.45, 7) is 5.55. The van der Waals surface area contributed by atoms with Gasteiger partial charge in [-0.3, -0.25) is 4.90 Å². The minimum absolute atomic E-state index is 0.127. The number of aromatic nitrogens is 1. The van der Waals surface area contributed by atoms with E-state index in [4.69, 9.17) is 10.9 Å². The molecular weight excluding hydrogens is 266 g/mol. The smallest absolute Gasteiger partial charge is 0.170 e. The number of nitrogens with two attached hydrogens (primary N) is 1. The number of piperidine rings is 1.